The molecule has 3 atom stereocenters. The quantitative estimate of drug-likeness (QED) is 0.305. The fourth-order valence-corrected chi connectivity index (χ4v) is 6.71. The highest BCUT2D eigenvalue weighted by atomic mass is 16.3. The van der Waals surface area contributed by atoms with E-state index in [1.165, 1.54) is 0 Å². The molecule has 5 heteroatoms. The lowest BCUT2D eigenvalue weighted by molar-refractivity contribution is -0.129. The van der Waals surface area contributed by atoms with E-state index in [4.69, 9.17) is 4.42 Å². The van der Waals surface area contributed by atoms with Gasteiger partial charge < -0.3 is 9.32 Å². The second-order valence-electron chi connectivity index (χ2n) is 10.8. The van der Waals surface area contributed by atoms with Crippen LogP contribution in [0.3, 0.4) is 0 Å². The molecule has 1 amide bonds. The average molecular weight is 505 g/mol. The number of nitrogens with zero attached hydrogens (tertiary/aromatic N) is 2. The summed E-state index contributed by atoms with van der Waals surface area (Å²) in [6.45, 7) is 7.06. The standard InChI is InChI=1S/C33H32N2O3/c1-21-15-16-25(23(3)18-21)31(36)30-26(29-14-9-17-38-29)20-34(4)33(30)27-12-7-8-13-28(27)35(32(33)37)19-24-11-6-5-10-22(24)2/h5-18,26,30H,19-20H2,1-4H3/t26-,30+,33+/m1/s1. The number of carbonyl (C=O) groups excluding carboxylic acids is 2. The third kappa shape index (κ3) is 3.49. The van der Waals surface area contributed by atoms with Crippen molar-refractivity contribution in [3.05, 3.63) is 124 Å². The first-order chi connectivity index (χ1) is 18.3. The topological polar surface area (TPSA) is 53.8 Å². The molecule has 5 nitrogen and oxygen atoms in total. The zero-order chi connectivity index (χ0) is 26.6. The second-order valence-corrected chi connectivity index (χ2v) is 10.8. The van der Waals surface area contributed by atoms with Crippen LogP contribution in [0, 0.1) is 26.7 Å². The Bertz CT molecular complexity index is 1540. The van der Waals surface area contributed by atoms with Gasteiger partial charge in [0.1, 0.15) is 11.3 Å². The highest BCUT2D eigenvalue weighted by Gasteiger charge is 2.66. The average Bonchev–Trinajstić information content (AvgIpc) is 3.59. The Morgan fingerprint density at radius 3 is 2.45 bits per heavy atom. The summed E-state index contributed by atoms with van der Waals surface area (Å²) in [5.74, 6) is -0.246. The van der Waals surface area contributed by atoms with E-state index in [1.54, 1.807) is 6.26 Å². The van der Waals surface area contributed by atoms with E-state index in [2.05, 4.69) is 24.0 Å². The molecule has 2 aliphatic heterocycles. The number of carbonyl (C=O) groups is 2. The molecular weight excluding hydrogens is 472 g/mol. The summed E-state index contributed by atoms with van der Waals surface area (Å²) in [5, 5.41) is 0. The largest absolute Gasteiger partial charge is 0.469 e. The van der Waals surface area contributed by atoms with Crippen LogP contribution in [0.2, 0.25) is 0 Å². The fourth-order valence-electron chi connectivity index (χ4n) is 6.71. The van der Waals surface area contributed by atoms with Crippen molar-refractivity contribution >= 4 is 17.4 Å². The lowest BCUT2D eigenvalue weighted by atomic mass is 9.71. The van der Waals surface area contributed by atoms with Gasteiger partial charge in [-0.15, -0.1) is 0 Å². The van der Waals surface area contributed by atoms with Gasteiger partial charge in [0.2, 0.25) is 0 Å². The Morgan fingerprint density at radius 1 is 0.947 bits per heavy atom. The summed E-state index contributed by atoms with van der Waals surface area (Å²) >= 11 is 0. The first-order valence-electron chi connectivity index (χ1n) is 13.2. The maximum Gasteiger partial charge on any atom is 0.253 e. The van der Waals surface area contributed by atoms with Gasteiger partial charge in [0.15, 0.2) is 5.78 Å². The molecule has 1 saturated heterocycles. The van der Waals surface area contributed by atoms with Gasteiger partial charge in [0.05, 0.1) is 18.7 Å². The molecule has 6 rings (SSSR count). The Morgan fingerprint density at radius 2 is 1.71 bits per heavy atom. The molecule has 1 aromatic heterocycles. The number of hydrogen-bond acceptors (Lipinski definition) is 4. The summed E-state index contributed by atoms with van der Waals surface area (Å²) in [6.07, 6.45) is 1.65. The molecule has 2 aliphatic rings. The summed E-state index contributed by atoms with van der Waals surface area (Å²) < 4.78 is 5.89. The van der Waals surface area contributed by atoms with E-state index in [9.17, 15) is 9.59 Å². The summed E-state index contributed by atoms with van der Waals surface area (Å²) in [4.78, 5) is 33.4. The number of benzene rings is 3. The van der Waals surface area contributed by atoms with E-state index < -0.39 is 11.5 Å². The van der Waals surface area contributed by atoms with Crippen molar-refractivity contribution in [2.45, 2.75) is 38.8 Å². The van der Waals surface area contributed by atoms with E-state index in [0.29, 0.717) is 18.7 Å². The van der Waals surface area contributed by atoms with Crippen LogP contribution in [-0.4, -0.2) is 30.2 Å². The number of ketones is 1. The van der Waals surface area contributed by atoms with Crippen LogP contribution in [0.25, 0.3) is 0 Å². The second kappa shape index (κ2) is 9.10. The zero-order valence-electron chi connectivity index (χ0n) is 22.3. The van der Waals surface area contributed by atoms with Gasteiger partial charge in [-0.25, -0.2) is 0 Å². The number of fused-ring (bicyclic) bond motifs is 2. The summed E-state index contributed by atoms with van der Waals surface area (Å²) in [5.41, 5.74) is 5.53. The Kier molecular flexibility index (Phi) is 5.84. The van der Waals surface area contributed by atoms with Crippen molar-refractivity contribution < 1.29 is 14.0 Å². The molecule has 0 unspecified atom stereocenters. The smallest absolute Gasteiger partial charge is 0.253 e. The van der Waals surface area contributed by atoms with Crippen LogP contribution in [0.1, 0.15) is 49.9 Å². The fraction of sp³-hybridized carbons (Fsp3) is 0.273. The van der Waals surface area contributed by atoms with Crippen LogP contribution in [0.15, 0.2) is 89.5 Å². The van der Waals surface area contributed by atoms with E-state index in [0.717, 1.165) is 39.3 Å². The van der Waals surface area contributed by atoms with Crippen molar-refractivity contribution in [3.8, 4) is 0 Å². The number of aryl methyl sites for hydroxylation is 3. The Hall–Kier alpha value is -3.96. The van der Waals surface area contributed by atoms with E-state index >= 15 is 0 Å². The number of Topliss-reactive ketones (excluding diaryl/α,β-unsaturated/α-hetero) is 1. The SMILES string of the molecule is Cc1ccc(C(=O)[C@@H]2[C@@H](c3ccco3)CN(C)[C@]23C(=O)N(Cc2ccccc2C)c2ccccc23)c(C)c1. The number of para-hydroxylation sites is 1. The van der Waals surface area contributed by atoms with Gasteiger partial charge in [0, 0.05) is 29.3 Å². The summed E-state index contributed by atoms with van der Waals surface area (Å²) in [7, 11) is 1.97. The number of amides is 1. The molecule has 0 saturated carbocycles. The van der Waals surface area contributed by atoms with Crippen molar-refractivity contribution in [2.24, 2.45) is 5.92 Å². The summed E-state index contributed by atoms with van der Waals surface area (Å²) in [6, 6.07) is 25.8. The first kappa shape index (κ1) is 24.4. The maximum atomic E-state index is 14.8. The van der Waals surface area contributed by atoms with Crippen molar-refractivity contribution in [1.29, 1.82) is 0 Å². The van der Waals surface area contributed by atoms with Gasteiger partial charge in [-0.3, -0.25) is 14.5 Å². The minimum absolute atomic E-state index is 0.0193. The predicted molar refractivity (Wildman–Crippen MR) is 148 cm³/mol. The van der Waals surface area contributed by atoms with Gasteiger partial charge in [-0.05, 0) is 62.7 Å². The van der Waals surface area contributed by atoms with Crippen LogP contribution >= 0.6 is 0 Å². The number of likely N-dealkylation sites (tertiary alicyclic amines) is 1. The maximum absolute atomic E-state index is 14.8. The molecule has 0 radical (unpaired) electrons. The van der Waals surface area contributed by atoms with Crippen LogP contribution in [-0.2, 0) is 16.9 Å². The molecule has 3 heterocycles. The number of furan rings is 1. The molecule has 192 valence electrons. The molecule has 38 heavy (non-hydrogen) atoms. The first-order valence-corrected chi connectivity index (χ1v) is 13.2. The lowest BCUT2D eigenvalue weighted by Crippen LogP contribution is -2.53. The highest BCUT2D eigenvalue weighted by molar-refractivity contribution is 6.13. The molecular formula is C33H32N2O3. The van der Waals surface area contributed by atoms with E-state index in [1.807, 2.05) is 92.5 Å². The van der Waals surface area contributed by atoms with Crippen molar-refractivity contribution in [2.75, 3.05) is 18.5 Å². The molecule has 1 fully saturated rings. The van der Waals surface area contributed by atoms with Crippen LogP contribution in [0.4, 0.5) is 5.69 Å². The highest BCUT2D eigenvalue weighted by Crippen LogP contribution is 2.57. The van der Waals surface area contributed by atoms with Gasteiger partial charge in [0.25, 0.3) is 5.91 Å². The van der Waals surface area contributed by atoms with E-state index in [-0.39, 0.29) is 17.6 Å². The number of likely N-dealkylation sites (N-methyl/N-ethyl adjacent to an activating group) is 1. The Balaban J connectivity index is 1.55. The van der Waals surface area contributed by atoms with Gasteiger partial charge >= 0.3 is 0 Å². The Labute approximate surface area is 223 Å². The molecule has 4 aromatic rings. The monoisotopic (exact) mass is 504 g/mol. The number of anilines is 1. The lowest BCUT2D eigenvalue weighted by Gasteiger charge is -2.36. The predicted octanol–water partition coefficient (Wildman–Crippen LogP) is 6.18. The van der Waals surface area contributed by atoms with Crippen molar-refractivity contribution in [3.63, 3.8) is 0 Å². The van der Waals surface area contributed by atoms with Crippen LogP contribution in [0.5, 0.6) is 0 Å². The molecule has 0 aliphatic carbocycles. The third-order valence-corrected chi connectivity index (χ3v) is 8.53. The van der Waals surface area contributed by atoms with Crippen LogP contribution < -0.4 is 4.90 Å². The minimum atomic E-state index is -1.13. The third-order valence-electron chi connectivity index (χ3n) is 8.53. The van der Waals surface area contributed by atoms with Gasteiger partial charge in [-0.1, -0.05) is 66.2 Å². The van der Waals surface area contributed by atoms with Gasteiger partial charge in [-0.2, -0.15) is 0 Å². The molecule has 0 bridgehead atoms. The molecule has 1 spiro atoms. The molecule has 0 N–H and O–H groups in total. The minimum Gasteiger partial charge on any atom is -0.469 e. The molecule has 3 aromatic carbocycles. The van der Waals surface area contributed by atoms with Crippen molar-refractivity contribution in [1.82, 2.24) is 4.90 Å². The number of hydrogen-bond donors (Lipinski definition) is 0. The number of rotatable bonds is 5. The normalized spacial score (nSPS) is 22.8. The zero-order valence-corrected chi connectivity index (χ0v) is 22.3.